The monoisotopic (exact) mass is 309 g/mol. The zero-order valence-electron chi connectivity index (χ0n) is 10.0. The molecule has 0 aliphatic heterocycles. The molecule has 6 nitrogen and oxygen atoms in total. The van der Waals surface area contributed by atoms with E-state index >= 15 is 0 Å². The number of nitrogens with two attached hydrogens (primary N) is 1. The number of nitrogens with one attached hydrogen (secondary N) is 2. The van der Waals surface area contributed by atoms with E-state index in [1.165, 1.54) is 6.92 Å². The minimum absolute atomic E-state index is 0.00411. The number of halogens is 2. The zero-order chi connectivity index (χ0) is 14.6. The molecule has 0 bridgehead atoms. The maximum atomic E-state index is 13.7. The summed E-state index contributed by atoms with van der Waals surface area (Å²) in [6, 6.07) is 1.78. The van der Waals surface area contributed by atoms with E-state index in [0.29, 0.717) is 0 Å². The molecule has 19 heavy (non-hydrogen) atoms. The highest BCUT2D eigenvalue weighted by Crippen LogP contribution is 2.27. The lowest BCUT2D eigenvalue weighted by Gasteiger charge is -2.10. The average Bonchev–Trinajstić information content (AvgIpc) is 2.30. The highest BCUT2D eigenvalue weighted by molar-refractivity contribution is 7.89. The Bertz CT molecular complexity index is 592. The second-order valence-electron chi connectivity index (χ2n) is 3.63. The van der Waals surface area contributed by atoms with Crippen molar-refractivity contribution in [2.75, 3.05) is 18.4 Å². The summed E-state index contributed by atoms with van der Waals surface area (Å²) in [4.78, 5) is 10.3. The van der Waals surface area contributed by atoms with Crippen molar-refractivity contribution in [1.82, 2.24) is 4.72 Å². The molecule has 0 aromatic heterocycles. The number of hydrogen-bond acceptors (Lipinski definition) is 4. The summed E-state index contributed by atoms with van der Waals surface area (Å²) in [6.07, 6.45) is 0. The molecule has 106 valence electrons. The van der Waals surface area contributed by atoms with Crippen LogP contribution in [0.2, 0.25) is 5.02 Å². The SMILES string of the molecule is CC(=O)Nc1cc(F)c(S(=O)(=O)NCCN)cc1Cl. The van der Waals surface area contributed by atoms with E-state index in [2.05, 4.69) is 10.0 Å². The lowest BCUT2D eigenvalue weighted by molar-refractivity contribution is -0.114. The van der Waals surface area contributed by atoms with Gasteiger partial charge in [0.1, 0.15) is 10.7 Å². The summed E-state index contributed by atoms with van der Waals surface area (Å²) in [5.41, 5.74) is 5.17. The first-order valence-corrected chi connectivity index (χ1v) is 7.10. The van der Waals surface area contributed by atoms with Gasteiger partial charge >= 0.3 is 0 Å². The number of sulfonamides is 1. The van der Waals surface area contributed by atoms with E-state index in [4.69, 9.17) is 17.3 Å². The van der Waals surface area contributed by atoms with Crippen LogP contribution >= 0.6 is 11.6 Å². The number of anilines is 1. The number of carbonyl (C=O) groups excluding carboxylic acids is 1. The van der Waals surface area contributed by atoms with Crippen LogP contribution in [0.1, 0.15) is 6.92 Å². The van der Waals surface area contributed by atoms with Gasteiger partial charge in [0.05, 0.1) is 10.7 Å². The first-order valence-electron chi connectivity index (χ1n) is 5.24. The van der Waals surface area contributed by atoms with Gasteiger partial charge in [-0.3, -0.25) is 4.79 Å². The van der Waals surface area contributed by atoms with Crippen LogP contribution in [0, 0.1) is 5.82 Å². The van der Waals surface area contributed by atoms with Crippen molar-refractivity contribution >= 4 is 33.2 Å². The molecule has 1 amide bonds. The molecule has 1 aromatic carbocycles. The normalized spacial score (nSPS) is 11.4. The number of hydrogen-bond donors (Lipinski definition) is 3. The van der Waals surface area contributed by atoms with Crippen molar-refractivity contribution in [3.8, 4) is 0 Å². The fourth-order valence-electron chi connectivity index (χ4n) is 1.29. The highest BCUT2D eigenvalue weighted by atomic mass is 35.5. The molecule has 0 radical (unpaired) electrons. The third kappa shape index (κ3) is 4.13. The van der Waals surface area contributed by atoms with Gasteiger partial charge in [-0.2, -0.15) is 0 Å². The van der Waals surface area contributed by atoms with Crippen molar-refractivity contribution in [3.05, 3.63) is 23.0 Å². The van der Waals surface area contributed by atoms with Gasteiger partial charge in [-0.15, -0.1) is 0 Å². The van der Waals surface area contributed by atoms with Crippen LogP contribution in [-0.2, 0) is 14.8 Å². The molecule has 0 aliphatic carbocycles. The van der Waals surface area contributed by atoms with Crippen LogP contribution in [0.15, 0.2) is 17.0 Å². The minimum atomic E-state index is -4.02. The number of benzene rings is 1. The number of amides is 1. The van der Waals surface area contributed by atoms with Crippen LogP contribution < -0.4 is 15.8 Å². The van der Waals surface area contributed by atoms with E-state index in [-0.39, 0.29) is 23.8 Å². The van der Waals surface area contributed by atoms with E-state index in [0.717, 1.165) is 12.1 Å². The van der Waals surface area contributed by atoms with Crippen molar-refractivity contribution in [2.45, 2.75) is 11.8 Å². The van der Waals surface area contributed by atoms with Gasteiger partial charge in [0, 0.05) is 26.1 Å². The van der Waals surface area contributed by atoms with Gasteiger partial charge in [0.25, 0.3) is 0 Å². The minimum Gasteiger partial charge on any atom is -0.329 e. The van der Waals surface area contributed by atoms with E-state index < -0.39 is 26.6 Å². The molecule has 0 saturated heterocycles. The second kappa shape index (κ2) is 6.29. The van der Waals surface area contributed by atoms with Gasteiger partial charge in [-0.25, -0.2) is 17.5 Å². The van der Waals surface area contributed by atoms with Gasteiger partial charge in [0.15, 0.2) is 0 Å². The fourth-order valence-corrected chi connectivity index (χ4v) is 2.70. The van der Waals surface area contributed by atoms with Crippen molar-refractivity contribution in [3.63, 3.8) is 0 Å². The molecular formula is C10H13ClFN3O3S. The summed E-state index contributed by atoms with van der Waals surface area (Å²) in [7, 11) is -4.02. The first kappa shape index (κ1) is 15.8. The molecule has 0 heterocycles. The Hall–Kier alpha value is -1.22. The average molecular weight is 310 g/mol. The van der Waals surface area contributed by atoms with E-state index in [9.17, 15) is 17.6 Å². The fraction of sp³-hybridized carbons (Fsp3) is 0.300. The standard InChI is InChI=1S/C10H13ClFN3O3S/c1-6(16)15-9-5-8(12)10(4-7(9)11)19(17,18)14-3-2-13/h4-5,14H,2-3,13H2,1H3,(H,15,16). The lowest BCUT2D eigenvalue weighted by Crippen LogP contribution is -2.29. The van der Waals surface area contributed by atoms with Gasteiger partial charge in [0.2, 0.25) is 15.9 Å². The highest BCUT2D eigenvalue weighted by Gasteiger charge is 2.21. The third-order valence-corrected chi connectivity index (χ3v) is 3.85. The second-order valence-corrected chi connectivity index (χ2v) is 5.77. The maximum Gasteiger partial charge on any atom is 0.243 e. The summed E-state index contributed by atoms with van der Waals surface area (Å²) < 4.78 is 39.3. The van der Waals surface area contributed by atoms with Crippen LogP contribution in [0.25, 0.3) is 0 Å². The van der Waals surface area contributed by atoms with Crippen molar-refractivity contribution in [2.24, 2.45) is 5.73 Å². The predicted molar refractivity (Wildman–Crippen MR) is 70.0 cm³/mol. The van der Waals surface area contributed by atoms with Gasteiger partial charge < -0.3 is 11.1 Å². The quantitative estimate of drug-likeness (QED) is 0.744. The Morgan fingerprint density at radius 3 is 2.63 bits per heavy atom. The van der Waals surface area contributed by atoms with Gasteiger partial charge in [-0.1, -0.05) is 11.6 Å². The summed E-state index contributed by atoms with van der Waals surface area (Å²) in [5.74, 6) is -1.46. The molecule has 1 rings (SSSR count). The Balaban J connectivity index is 3.18. The Labute approximate surface area is 115 Å². The molecule has 0 fully saturated rings. The van der Waals surface area contributed by atoms with Crippen LogP contribution in [0.5, 0.6) is 0 Å². The first-order chi connectivity index (χ1) is 8.77. The third-order valence-electron chi connectivity index (χ3n) is 2.06. The predicted octanol–water partition coefficient (Wildman–Crippen LogP) is 0.675. The molecule has 0 unspecified atom stereocenters. The molecule has 0 spiro atoms. The molecule has 9 heteroatoms. The Morgan fingerprint density at radius 2 is 2.11 bits per heavy atom. The molecule has 4 N–H and O–H groups in total. The van der Waals surface area contributed by atoms with Crippen molar-refractivity contribution in [1.29, 1.82) is 0 Å². The molecule has 0 atom stereocenters. The Morgan fingerprint density at radius 1 is 1.47 bits per heavy atom. The zero-order valence-corrected chi connectivity index (χ0v) is 11.6. The van der Waals surface area contributed by atoms with Crippen LogP contribution in [0.3, 0.4) is 0 Å². The maximum absolute atomic E-state index is 13.7. The van der Waals surface area contributed by atoms with Crippen LogP contribution in [0.4, 0.5) is 10.1 Å². The van der Waals surface area contributed by atoms with E-state index in [1.807, 2.05) is 0 Å². The topological polar surface area (TPSA) is 101 Å². The van der Waals surface area contributed by atoms with Crippen molar-refractivity contribution < 1.29 is 17.6 Å². The summed E-state index contributed by atoms with van der Waals surface area (Å²) in [6.45, 7) is 1.28. The van der Waals surface area contributed by atoms with Gasteiger partial charge in [-0.05, 0) is 6.07 Å². The largest absolute Gasteiger partial charge is 0.329 e. The number of carbonyl (C=O) groups is 1. The van der Waals surface area contributed by atoms with Crippen LogP contribution in [-0.4, -0.2) is 27.4 Å². The molecule has 0 saturated carbocycles. The summed E-state index contributed by atoms with van der Waals surface area (Å²) in [5, 5.41) is 2.21. The van der Waals surface area contributed by atoms with E-state index in [1.54, 1.807) is 0 Å². The Kier molecular flexibility index (Phi) is 5.24. The lowest BCUT2D eigenvalue weighted by atomic mass is 10.3. The number of rotatable bonds is 5. The smallest absolute Gasteiger partial charge is 0.243 e. The molecular weight excluding hydrogens is 297 g/mol. The molecule has 1 aromatic rings. The molecule has 0 aliphatic rings. The summed E-state index contributed by atoms with van der Waals surface area (Å²) >= 11 is 5.79.